The third-order valence-electron chi connectivity index (χ3n) is 4.70. The van der Waals surface area contributed by atoms with Gasteiger partial charge in [0.05, 0.1) is 6.10 Å². The Morgan fingerprint density at radius 2 is 2.18 bits per heavy atom. The summed E-state index contributed by atoms with van der Waals surface area (Å²) in [4.78, 5) is 0. The van der Waals surface area contributed by atoms with Gasteiger partial charge in [-0.2, -0.15) is 0 Å². The van der Waals surface area contributed by atoms with Crippen molar-refractivity contribution in [3.05, 3.63) is 36.0 Å². The van der Waals surface area contributed by atoms with Crippen LogP contribution in [-0.2, 0) is 0 Å². The van der Waals surface area contributed by atoms with Crippen molar-refractivity contribution in [1.29, 1.82) is 0 Å². The van der Waals surface area contributed by atoms with Crippen molar-refractivity contribution in [3.8, 4) is 0 Å². The van der Waals surface area contributed by atoms with Crippen LogP contribution in [0.15, 0.2) is 36.0 Å². The third kappa shape index (κ3) is 2.26. The van der Waals surface area contributed by atoms with E-state index < -0.39 is 0 Å². The SMILES string of the molecule is C=CC1=C2C[C@H](C(=C)C)CC[C@@]2(C)C[C@@H](O)C1. The molecular formula is C16H24O. The molecule has 94 valence electrons. The van der Waals surface area contributed by atoms with Crippen LogP contribution in [0.3, 0.4) is 0 Å². The van der Waals surface area contributed by atoms with E-state index >= 15 is 0 Å². The van der Waals surface area contributed by atoms with Crippen LogP contribution in [0.4, 0.5) is 0 Å². The van der Waals surface area contributed by atoms with Gasteiger partial charge in [0.1, 0.15) is 0 Å². The maximum atomic E-state index is 9.99. The van der Waals surface area contributed by atoms with E-state index in [9.17, 15) is 5.11 Å². The summed E-state index contributed by atoms with van der Waals surface area (Å²) in [6.07, 6.45) is 7.00. The molecule has 0 heterocycles. The highest BCUT2D eigenvalue weighted by Crippen LogP contribution is 2.52. The molecule has 1 nitrogen and oxygen atoms in total. The smallest absolute Gasteiger partial charge is 0.0588 e. The molecule has 17 heavy (non-hydrogen) atoms. The molecule has 2 rings (SSSR count). The first kappa shape index (κ1) is 12.6. The van der Waals surface area contributed by atoms with Gasteiger partial charge in [0, 0.05) is 0 Å². The molecule has 3 atom stereocenters. The number of aliphatic hydroxyl groups excluding tert-OH is 1. The average molecular weight is 232 g/mol. The van der Waals surface area contributed by atoms with Crippen LogP contribution in [0.5, 0.6) is 0 Å². The number of aliphatic hydroxyl groups is 1. The van der Waals surface area contributed by atoms with Crippen molar-refractivity contribution in [1.82, 2.24) is 0 Å². The minimum Gasteiger partial charge on any atom is -0.393 e. The molecule has 1 fully saturated rings. The van der Waals surface area contributed by atoms with Crippen LogP contribution in [-0.4, -0.2) is 11.2 Å². The van der Waals surface area contributed by atoms with E-state index in [1.54, 1.807) is 0 Å². The lowest BCUT2D eigenvalue weighted by molar-refractivity contribution is 0.0894. The van der Waals surface area contributed by atoms with Gasteiger partial charge in [0.15, 0.2) is 0 Å². The highest BCUT2D eigenvalue weighted by molar-refractivity contribution is 5.35. The number of hydrogen-bond donors (Lipinski definition) is 1. The fraction of sp³-hybridized carbons (Fsp3) is 0.625. The van der Waals surface area contributed by atoms with Gasteiger partial charge in [-0.05, 0) is 55.9 Å². The summed E-state index contributed by atoms with van der Waals surface area (Å²) >= 11 is 0. The maximum Gasteiger partial charge on any atom is 0.0588 e. The van der Waals surface area contributed by atoms with Crippen LogP contribution >= 0.6 is 0 Å². The zero-order valence-corrected chi connectivity index (χ0v) is 11.1. The molecule has 0 saturated heterocycles. The molecule has 0 spiro atoms. The van der Waals surface area contributed by atoms with Crippen LogP contribution in [0.1, 0.15) is 46.0 Å². The Labute approximate surface area is 105 Å². The maximum absolute atomic E-state index is 9.99. The molecule has 0 amide bonds. The Morgan fingerprint density at radius 3 is 2.76 bits per heavy atom. The lowest BCUT2D eigenvalue weighted by Gasteiger charge is -2.45. The fourth-order valence-electron chi connectivity index (χ4n) is 3.58. The molecule has 0 aliphatic heterocycles. The van der Waals surface area contributed by atoms with E-state index in [2.05, 4.69) is 27.0 Å². The van der Waals surface area contributed by atoms with E-state index in [4.69, 9.17) is 0 Å². The molecule has 0 aromatic rings. The zero-order valence-electron chi connectivity index (χ0n) is 11.1. The Balaban J connectivity index is 2.35. The van der Waals surface area contributed by atoms with Gasteiger partial charge in [-0.3, -0.25) is 0 Å². The lowest BCUT2D eigenvalue weighted by Crippen LogP contribution is -2.36. The highest BCUT2D eigenvalue weighted by atomic mass is 16.3. The zero-order chi connectivity index (χ0) is 12.6. The molecule has 1 heteroatoms. The molecule has 0 unspecified atom stereocenters. The fourth-order valence-corrected chi connectivity index (χ4v) is 3.58. The predicted octanol–water partition coefficient (Wildman–Crippen LogP) is 4.01. The van der Waals surface area contributed by atoms with Gasteiger partial charge >= 0.3 is 0 Å². The number of fused-ring (bicyclic) bond motifs is 1. The van der Waals surface area contributed by atoms with Crippen LogP contribution in [0.25, 0.3) is 0 Å². The summed E-state index contributed by atoms with van der Waals surface area (Å²) in [5.41, 5.74) is 4.33. The molecule has 1 N–H and O–H groups in total. The summed E-state index contributed by atoms with van der Waals surface area (Å²) in [5, 5.41) is 9.99. The van der Waals surface area contributed by atoms with E-state index in [0.29, 0.717) is 5.92 Å². The van der Waals surface area contributed by atoms with Crippen molar-refractivity contribution < 1.29 is 5.11 Å². The molecular weight excluding hydrogens is 208 g/mol. The van der Waals surface area contributed by atoms with E-state index in [1.165, 1.54) is 29.6 Å². The van der Waals surface area contributed by atoms with Gasteiger partial charge in [0.25, 0.3) is 0 Å². The lowest BCUT2D eigenvalue weighted by atomic mass is 9.60. The van der Waals surface area contributed by atoms with Crippen molar-refractivity contribution in [2.75, 3.05) is 0 Å². The van der Waals surface area contributed by atoms with Gasteiger partial charge in [0.2, 0.25) is 0 Å². The van der Waals surface area contributed by atoms with E-state index in [0.717, 1.165) is 19.3 Å². The first-order chi connectivity index (χ1) is 7.96. The van der Waals surface area contributed by atoms with E-state index in [-0.39, 0.29) is 11.5 Å². The minimum absolute atomic E-state index is 0.182. The van der Waals surface area contributed by atoms with Gasteiger partial charge < -0.3 is 5.11 Å². The summed E-state index contributed by atoms with van der Waals surface area (Å²) in [6.45, 7) is 12.5. The van der Waals surface area contributed by atoms with Crippen molar-refractivity contribution in [2.24, 2.45) is 11.3 Å². The van der Waals surface area contributed by atoms with Crippen molar-refractivity contribution in [3.63, 3.8) is 0 Å². The third-order valence-corrected chi connectivity index (χ3v) is 4.70. The summed E-state index contributed by atoms with van der Waals surface area (Å²) in [7, 11) is 0. The van der Waals surface area contributed by atoms with Gasteiger partial charge in [-0.25, -0.2) is 0 Å². The first-order valence-electron chi connectivity index (χ1n) is 6.64. The monoisotopic (exact) mass is 232 g/mol. The van der Waals surface area contributed by atoms with Crippen molar-refractivity contribution >= 4 is 0 Å². The first-order valence-corrected chi connectivity index (χ1v) is 6.64. The largest absolute Gasteiger partial charge is 0.393 e. The quantitative estimate of drug-likeness (QED) is 0.713. The Kier molecular flexibility index (Phi) is 3.31. The second-order valence-corrected chi connectivity index (χ2v) is 6.12. The normalized spacial score (nSPS) is 37.6. The number of rotatable bonds is 2. The number of hydrogen-bond acceptors (Lipinski definition) is 1. The second-order valence-electron chi connectivity index (χ2n) is 6.12. The molecule has 2 aliphatic carbocycles. The highest BCUT2D eigenvalue weighted by Gasteiger charge is 2.41. The topological polar surface area (TPSA) is 20.2 Å². The summed E-state index contributed by atoms with van der Waals surface area (Å²) < 4.78 is 0. The standard InChI is InChI=1S/C16H24O/c1-5-12-8-14(17)10-16(4)7-6-13(11(2)3)9-15(12)16/h5,13-14,17H,1-2,6-10H2,3-4H3/t13-,14+,16+/m1/s1. The predicted molar refractivity (Wildman–Crippen MR) is 72.7 cm³/mol. The Hall–Kier alpha value is -0.820. The average Bonchev–Trinajstić information content (AvgIpc) is 2.25. The van der Waals surface area contributed by atoms with Gasteiger partial charge in [-0.15, -0.1) is 0 Å². The minimum atomic E-state index is -0.182. The molecule has 2 aliphatic rings. The molecule has 0 radical (unpaired) electrons. The molecule has 0 aromatic heterocycles. The second kappa shape index (κ2) is 4.45. The van der Waals surface area contributed by atoms with Crippen LogP contribution < -0.4 is 0 Å². The summed E-state index contributed by atoms with van der Waals surface area (Å²) in [5.74, 6) is 0.628. The molecule has 0 aromatic carbocycles. The van der Waals surface area contributed by atoms with E-state index in [1.807, 2.05) is 6.08 Å². The number of allylic oxidation sites excluding steroid dienone is 3. The Morgan fingerprint density at radius 1 is 1.47 bits per heavy atom. The van der Waals surface area contributed by atoms with Gasteiger partial charge in [-0.1, -0.05) is 37.3 Å². The summed E-state index contributed by atoms with van der Waals surface area (Å²) in [6, 6.07) is 0. The van der Waals surface area contributed by atoms with Crippen LogP contribution in [0.2, 0.25) is 0 Å². The Bertz CT molecular complexity index is 377. The van der Waals surface area contributed by atoms with Crippen LogP contribution in [0, 0.1) is 11.3 Å². The molecule has 1 saturated carbocycles. The van der Waals surface area contributed by atoms with Crippen molar-refractivity contribution in [2.45, 2.75) is 52.1 Å². The molecule has 0 bridgehead atoms.